The Morgan fingerprint density at radius 1 is 1.56 bits per heavy atom. The fourth-order valence-corrected chi connectivity index (χ4v) is 1.03. The molecule has 2 atom stereocenters. The standard InChI is InChI=1S/C6H13NO.ClH/c1-5-6(8)3-2-4-7-5;/h5-8H,2-4H2,1H3;1H/t5-,6-;/m0./s1. The van der Waals surface area contributed by atoms with Crippen LogP contribution < -0.4 is 5.32 Å². The molecule has 1 heterocycles. The van der Waals surface area contributed by atoms with Gasteiger partial charge >= 0.3 is 0 Å². The van der Waals surface area contributed by atoms with Crippen LogP contribution >= 0.6 is 12.4 Å². The van der Waals surface area contributed by atoms with Crippen molar-refractivity contribution in [1.82, 2.24) is 5.32 Å². The van der Waals surface area contributed by atoms with Crippen LogP contribution in [0.1, 0.15) is 19.8 Å². The molecule has 1 saturated heterocycles. The zero-order chi connectivity index (χ0) is 5.98. The molecule has 0 amide bonds. The fraction of sp³-hybridized carbons (Fsp3) is 1.00. The smallest absolute Gasteiger partial charge is 0.0690 e. The molecule has 0 saturated carbocycles. The van der Waals surface area contributed by atoms with Crippen molar-refractivity contribution >= 4 is 12.4 Å². The summed E-state index contributed by atoms with van der Waals surface area (Å²) in [6.07, 6.45) is 1.98. The molecule has 0 aromatic rings. The molecule has 0 aliphatic carbocycles. The third-order valence-corrected chi connectivity index (χ3v) is 1.72. The van der Waals surface area contributed by atoms with Gasteiger partial charge in [0.25, 0.3) is 0 Å². The average molecular weight is 152 g/mol. The SMILES string of the molecule is C[C@@H]1NCCC[C@@H]1O.Cl. The van der Waals surface area contributed by atoms with Gasteiger partial charge < -0.3 is 10.4 Å². The monoisotopic (exact) mass is 151 g/mol. The highest BCUT2D eigenvalue weighted by atomic mass is 35.5. The molecule has 9 heavy (non-hydrogen) atoms. The molecular formula is C6H14ClNO. The van der Waals surface area contributed by atoms with Crippen LogP contribution in [0.5, 0.6) is 0 Å². The minimum absolute atomic E-state index is 0. The van der Waals surface area contributed by atoms with Crippen LogP contribution in [0.4, 0.5) is 0 Å². The lowest BCUT2D eigenvalue weighted by Gasteiger charge is -2.25. The molecule has 0 bridgehead atoms. The van der Waals surface area contributed by atoms with E-state index >= 15 is 0 Å². The summed E-state index contributed by atoms with van der Waals surface area (Å²) in [6.45, 7) is 3.09. The van der Waals surface area contributed by atoms with Gasteiger partial charge in [0.2, 0.25) is 0 Å². The van der Waals surface area contributed by atoms with Gasteiger partial charge in [-0.3, -0.25) is 0 Å². The second-order valence-corrected chi connectivity index (χ2v) is 2.45. The minimum atomic E-state index is -0.108. The fourth-order valence-electron chi connectivity index (χ4n) is 1.03. The van der Waals surface area contributed by atoms with Crippen LogP contribution in [0.15, 0.2) is 0 Å². The Bertz CT molecular complexity index is 69.5. The van der Waals surface area contributed by atoms with Crippen LogP contribution in [0.2, 0.25) is 0 Å². The van der Waals surface area contributed by atoms with E-state index in [0.29, 0.717) is 6.04 Å². The maximum absolute atomic E-state index is 9.12. The largest absolute Gasteiger partial charge is 0.392 e. The van der Waals surface area contributed by atoms with Crippen molar-refractivity contribution in [1.29, 1.82) is 0 Å². The van der Waals surface area contributed by atoms with Gasteiger partial charge in [-0.1, -0.05) is 0 Å². The summed E-state index contributed by atoms with van der Waals surface area (Å²) in [7, 11) is 0. The third kappa shape index (κ3) is 2.52. The lowest BCUT2D eigenvalue weighted by Crippen LogP contribution is -2.42. The lowest BCUT2D eigenvalue weighted by molar-refractivity contribution is 0.104. The number of rotatable bonds is 0. The Morgan fingerprint density at radius 2 is 2.22 bits per heavy atom. The van der Waals surface area contributed by atoms with E-state index in [1.807, 2.05) is 6.92 Å². The topological polar surface area (TPSA) is 32.3 Å². The van der Waals surface area contributed by atoms with E-state index in [1.165, 1.54) is 0 Å². The molecule has 1 fully saturated rings. The van der Waals surface area contributed by atoms with Gasteiger partial charge in [0, 0.05) is 6.04 Å². The molecule has 1 aliphatic heterocycles. The number of halogens is 1. The van der Waals surface area contributed by atoms with E-state index in [2.05, 4.69) is 5.32 Å². The maximum Gasteiger partial charge on any atom is 0.0690 e. The van der Waals surface area contributed by atoms with Gasteiger partial charge in [-0.25, -0.2) is 0 Å². The predicted octanol–water partition coefficient (Wildman–Crippen LogP) is 0.541. The first-order valence-corrected chi connectivity index (χ1v) is 3.22. The van der Waals surface area contributed by atoms with E-state index < -0.39 is 0 Å². The Kier molecular flexibility index (Phi) is 4.19. The van der Waals surface area contributed by atoms with Gasteiger partial charge in [-0.2, -0.15) is 0 Å². The quantitative estimate of drug-likeness (QED) is 0.530. The van der Waals surface area contributed by atoms with E-state index in [4.69, 9.17) is 5.11 Å². The van der Waals surface area contributed by atoms with Crippen LogP contribution in [-0.4, -0.2) is 23.8 Å². The Hall–Kier alpha value is 0.210. The molecule has 2 N–H and O–H groups in total. The third-order valence-electron chi connectivity index (χ3n) is 1.72. The Balaban J connectivity index is 0.000000640. The summed E-state index contributed by atoms with van der Waals surface area (Å²) < 4.78 is 0. The molecule has 0 unspecified atom stereocenters. The number of aliphatic hydroxyl groups excluding tert-OH is 1. The summed E-state index contributed by atoms with van der Waals surface area (Å²) in [5.41, 5.74) is 0. The van der Waals surface area contributed by atoms with Gasteiger partial charge in [0.05, 0.1) is 6.10 Å². The van der Waals surface area contributed by atoms with Crippen molar-refractivity contribution in [3.8, 4) is 0 Å². The summed E-state index contributed by atoms with van der Waals surface area (Å²) in [4.78, 5) is 0. The Morgan fingerprint density at radius 3 is 2.56 bits per heavy atom. The number of hydrogen-bond acceptors (Lipinski definition) is 2. The van der Waals surface area contributed by atoms with E-state index in [-0.39, 0.29) is 18.5 Å². The van der Waals surface area contributed by atoms with Crippen molar-refractivity contribution in [2.24, 2.45) is 0 Å². The highest BCUT2D eigenvalue weighted by Crippen LogP contribution is 2.06. The molecule has 56 valence electrons. The van der Waals surface area contributed by atoms with E-state index in [1.54, 1.807) is 0 Å². The van der Waals surface area contributed by atoms with Gasteiger partial charge in [-0.05, 0) is 26.3 Å². The van der Waals surface area contributed by atoms with Crippen molar-refractivity contribution in [3.05, 3.63) is 0 Å². The number of aliphatic hydroxyl groups is 1. The highest BCUT2D eigenvalue weighted by Gasteiger charge is 2.16. The summed E-state index contributed by atoms with van der Waals surface area (Å²) in [6, 6.07) is 0.309. The molecule has 3 heteroatoms. The molecule has 2 nitrogen and oxygen atoms in total. The second-order valence-electron chi connectivity index (χ2n) is 2.45. The normalized spacial score (nSPS) is 35.3. The zero-order valence-corrected chi connectivity index (χ0v) is 6.45. The summed E-state index contributed by atoms with van der Waals surface area (Å²) in [5, 5.41) is 12.3. The van der Waals surface area contributed by atoms with Crippen LogP contribution in [0.25, 0.3) is 0 Å². The summed E-state index contributed by atoms with van der Waals surface area (Å²) in [5.74, 6) is 0. The van der Waals surface area contributed by atoms with Crippen molar-refractivity contribution in [2.75, 3.05) is 6.54 Å². The molecule has 0 aromatic heterocycles. The lowest BCUT2D eigenvalue weighted by atomic mass is 10.0. The molecule has 1 rings (SSSR count). The molecular weight excluding hydrogens is 138 g/mol. The van der Waals surface area contributed by atoms with Gasteiger partial charge in [0.1, 0.15) is 0 Å². The highest BCUT2D eigenvalue weighted by molar-refractivity contribution is 5.85. The van der Waals surface area contributed by atoms with Crippen LogP contribution in [0.3, 0.4) is 0 Å². The average Bonchev–Trinajstić information content (AvgIpc) is 1.77. The predicted molar refractivity (Wildman–Crippen MR) is 40.0 cm³/mol. The van der Waals surface area contributed by atoms with Crippen LogP contribution in [0, 0.1) is 0 Å². The van der Waals surface area contributed by atoms with Crippen LogP contribution in [-0.2, 0) is 0 Å². The van der Waals surface area contributed by atoms with E-state index in [9.17, 15) is 0 Å². The van der Waals surface area contributed by atoms with Gasteiger partial charge in [-0.15, -0.1) is 12.4 Å². The zero-order valence-electron chi connectivity index (χ0n) is 5.63. The number of hydrogen-bond donors (Lipinski definition) is 2. The van der Waals surface area contributed by atoms with E-state index in [0.717, 1.165) is 19.4 Å². The first kappa shape index (κ1) is 9.21. The molecule has 0 spiro atoms. The van der Waals surface area contributed by atoms with Crippen molar-refractivity contribution in [3.63, 3.8) is 0 Å². The molecule has 1 aliphatic rings. The molecule has 0 aromatic carbocycles. The molecule has 0 radical (unpaired) electrons. The number of piperidine rings is 1. The van der Waals surface area contributed by atoms with Crippen molar-refractivity contribution in [2.45, 2.75) is 31.9 Å². The first-order chi connectivity index (χ1) is 3.80. The second kappa shape index (κ2) is 4.09. The number of nitrogens with one attached hydrogen (secondary N) is 1. The first-order valence-electron chi connectivity index (χ1n) is 3.22. The Labute approximate surface area is 62.1 Å². The van der Waals surface area contributed by atoms with Gasteiger partial charge in [0.15, 0.2) is 0 Å². The maximum atomic E-state index is 9.12. The summed E-state index contributed by atoms with van der Waals surface area (Å²) >= 11 is 0. The minimum Gasteiger partial charge on any atom is -0.392 e. The van der Waals surface area contributed by atoms with Crippen molar-refractivity contribution < 1.29 is 5.11 Å².